The molecule has 1 aromatic carbocycles. The van der Waals surface area contributed by atoms with Crippen LogP contribution in [0.1, 0.15) is 31.2 Å². The number of hydrogen-bond donors (Lipinski definition) is 2. The fourth-order valence-electron chi connectivity index (χ4n) is 2.37. The molecular weight excluding hydrogens is 330 g/mol. The molecule has 2 rings (SSSR count). The number of nitrogens with one attached hydrogen (secondary N) is 2. The van der Waals surface area contributed by atoms with Gasteiger partial charge in [0.25, 0.3) is 5.91 Å². The number of aryl methyl sites for hydroxylation is 1. The van der Waals surface area contributed by atoms with Crippen molar-refractivity contribution in [2.24, 2.45) is 0 Å². The third-order valence-electron chi connectivity index (χ3n) is 3.60. The van der Waals surface area contributed by atoms with E-state index in [1.54, 1.807) is 0 Å². The van der Waals surface area contributed by atoms with Crippen molar-refractivity contribution in [1.29, 1.82) is 5.26 Å². The first-order valence-electron chi connectivity index (χ1n) is 7.04. The summed E-state index contributed by atoms with van der Waals surface area (Å²) in [6, 6.07) is 7.92. The van der Waals surface area contributed by atoms with Crippen molar-refractivity contribution in [2.75, 3.05) is 5.32 Å². The summed E-state index contributed by atoms with van der Waals surface area (Å²) >= 11 is 3.44. The standard InChI is InChI=1S/C16H18BrN3O/c1-11-8-14(6-7-15(11)17)19-10-12(9-18)16(21)20-13-4-2-3-5-13/h6-8,10,13,19H,2-5H2,1H3,(H,20,21)/b12-10-. The maximum absolute atomic E-state index is 12.0. The molecule has 1 amide bonds. The average molecular weight is 348 g/mol. The van der Waals surface area contributed by atoms with Gasteiger partial charge in [-0.1, -0.05) is 28.8 Å². The molecule has 1 aliphatic rings. The topological polar surface area (TPSA) is 64.9 Å². The Kier molecular flexibility index (Phi) is 5.40. The minimum atomic E-state index is -0.300. The van der Waals surface area contributed by atoms with E-state index < -0.39 is 0 Å². The molecule has 5 heteroatoms. The molecule has 0 unspecified atom stereocenters. The molecule has 110 valence electrons. The minimum Gasteiger partial charge on any atom is -0.360 e. The van der Waals surface area contributed by atoms with Crippen LogP contribution >= 0.6 is 15.9 Å². The molecule has 0 atom stereocenters. The zero-order valence-corrected chi connectivity index (χ0v) is 13.5. The maximum Gasteiger partial charge on any atom is 0.263 e. The van der Waals surface area contributed by atoms with Crippen LogP contribution < -0.4 is 10.6 Å². The molecule has 1 saturated carbocycles. The minimum absolute atomic E-state index is 0.0995. The highest BCUT2D eigenvalue weighted by atomic mass is 79.9. The van der Waals surface area contributed by atoms with Crippen LogP contribution in [0, 0.1) is 18.3 Å². The molecule has 4 nitrogen and oxygen atoms in total. The zero-order chi connectivity index (χ0) is 15.2. The first kappa shape index (κ1) is 15.6. The van der Waals surface area contributed by atoms with Gasteiger partial charge >= 0.3 is 0 Å². The number of nitrogens with zero attached hydrogens (tertiary/aromatic N) is 1. The molecule has 2 N–H and O–H groups in total. The van der Waals surface area contributed by atoms with Gasteiger partial charge in [-0.2, -0.15) is 5.26 Å². The average Bonchev–Trinajstić information content (AvgIpc) is 2.96. The number of halogens is 1. The second kappa shape index (κ2) is 7.28. The highest BCUT2D eigenvalue weighted by Crippen LogP contribution is 2.20. The number of carbonyl (C=O) groups is 1. The van der Waals surface area contributed by atoms with Gasteiger partial charge in [-0.05, 0) is 43.5 Å². The quantitative estimate of drug-likeness (QED) is 0.645. The lowest BCUT2D eigenvalue weighted by molar-refractivity contribution is -0.117. The second-order valence-corrected chi connectivity index (χ2v) is 6.09. The normalized spacial score (nSPS) is 15.6. The Morgan fingerprint density at radius 1 is 1.43 bits per heavy atom. The van der Waals surface area contributed by atoms with E-state index in [9.17, 15) is 4.79 Å². The molecule has 1 aromatic rings. The maximum atomic E-state index is 12.0. The predicted octanol–water partition coefficient (Wildman–Crippen LogP) is 3.64. The van der Waals surface area contributed by atoms with E-state index in [1.807, 2.05) is 31.2 Å². The highest BCUT2D eigenvalue weighted by molar-refractivity contribution is 9.10. The Labute approximate surface area is 133 Å². The van der Waals surface area contributed by atoms with Crippen molar-refractivity contribution >= 4 is 27.5 Å². The Morgan fingerprint density at radius 2 is 2.14 bits per heavy atom. The summed E-state index contributed by atoms with van der Waals surface area (Å²) in [6.45, 7) is 1.98. The van der Waals surface area contributed by atoms with E-state index in [1.165, 1.54) is 6.20 Å². The number of nitriles is 1. The van der Waals surface area contributed by atoms with E-state index in [2.05, 4.69) is 26.6 Å². The molecule has 0 saturated heterocycles. The van der Waals surface area contributed by atoms with Gasteiger partial charge in [0.1, 0.15) is 11.6 Å². The number of rotatable bonds is 4. The summed E-state index contributed by atoms with van der Waals surface area (Å²) < 4.78 is 1.02. The van der Waals surface area contributed by atoms with Gasteiger partial charge in [0.15, 0.2) is 0 Å². The Hall–Kier alpha value is -1.80. The van der Waals surface area contributed by atoms with E-state index in [0.29, 0.717) is 0 Å². The van der Waals surface area contributed by atoms with Crippen molar-refractivity contribution < 1.29 is 4.79 Å². The van der Waals surface area contributed by atoms with Crippen molar-refractivity contribution in [3.63, 3.8) is 0 Å². The monoisotopic (exact) mass is 347 g/mol. The van der Waals surface area contributed by atoms with Crippen LogP contribution in [0.4, 0.5) is 5.69 Å². The molecule has 0 spiro atoms. The van der Waals surface area contributed by atoms with E-state index >= 15 is 0 Å². The fraction of sp³-hybridized carbons (Fsp3) is 0.375. The van der Waals surface area contributed by atoms with Crippen LogP contribution in [0.25, 0.3) is 0 Å². The predicted molar refractivity (Wildman–Crippen MR) is 86.6 cm³/mol. The fourth-order valence-corrected chi connectivity index (χ4v) is 2.62. The van der Waals surface area contributed by atoms with Gasteiger partial charge < -0.3 is 10.6 Å². The lowest BCUT2D eigenvalue weighted by Gasteiger charge is -2.11. The number of amides is 1. The lowest BCUT2D eigenvalue weighted by atomic mass is 10.2. The third kappa shape index (κ3) is 4.33. The number of hydrogen-bond acceptors (Lipinski definition) is 3. The molecular formula is C16H18BrN3O. The van der Waals surface area contributed by atoms with Crippen LogP contribution in [-0.2, 0) is 4.79 Å². The lowest BCUT2D eigenvalue weighted by Crippen LogP contribution is -2.33. The van der Waals surface area contributed by atoms with E-state index in [-0.39, 0.29) is 17.5 Å². The molecule has 1 fully saturated rings. The van der Waals surface area contributed by atoms with Gasteiger partial charge in [-0.3, -0.25) is 4.79 Å². The molecule has 1 aliphatic carbocycles. The Balaban J connectivity index is 2.00. The van der Waals surface area contributed by atoms with Crippen LogP contribution in [0.3, 0.4) is 0 Å². The zero-order valence-electron chi connectivity index (χ0n) is 11.9. The number of benzene rings is 1. The molecule has 0 aromatic heterocycles. The smallest absolute Gasteiger partial charge is 0.263 e. The Morgan fingerprint density at radius 3 is 2.76 bits per heavy atom. The molecule has 0 radical (unpaired) electrons. The van der Waals surface area contributed by atoms with Crippen LogP contribution in [0.2, 0.25) is 0 Å². The van der Waals surface area contributed by atoms with Gasteiger partial charge in [0.2, 0.25) is 0 Å². The second-order valence-electron chi connectivity index (χ2n) is 5.23. The molecule has 0 heterocycles. The largest absolute Gasteiger partial charge is 0.360 e. The SMILES string of the molecule is Cc1cc(N/C=C(/C#N)C(=O)NC2CCCC2)ccc1Br. The van der Waals surface area contributed by atoms with Crippen molar-refractivity contribution in [3.05, 3.63) is 40.0 Å². The van der Waals surface area contributed by atoms with Gasteiger partial charge in [-0.25, -0.2) is 0 Å². The van der Waals surface area contributed by atoms with Crippen LogP contribution in [0.5, 0.6) is 0 Å². The number of anilines is 1. The molecule has 0 aliphatic heterocycles. The summed E-state index contributed by atoms with van der Waals surface area (Å²) in [6.07, 6.45) is 5.76. The summed E-state index contributed by atoms with van der Waals surface area (Å²) in [5.41, 5.74) is 2.03. The summed E-state index contributed by atoms with van der Waals surface area (Å²) in [5, 5.41) is 15.0. The van der Waals surface area contributed by atoms with Gasteiger partial charge in [-0.15, -0.1) is 0 Å². The first-order valence-corrected chi connectivity index (χ1v) is 7.83. The van der Waals surface area contributed by atoms with Gasteiger partial charge in [0.05, 0.1) is 0 Å². The van der Waals surface area contributed by atoms with E-state index in [4.69, 9.17) is 5.26 Å². The first-order chi connectivity index (χ1) is 10.1. The summed E-state index contributed by atoms with van der Waals surface area (Å²) in [5.74, 6) is -0.300. The van der Waals surface area contributed by atoms with Crippen LogP contribution in [-0.4, -0.2) is 11.9 Å². The Bertz CT molecular complexity index is 598. The highest BCUT2D eigenvalue weighted by Gasteiger charge is 2.19. The van der Waals surface area contributed by atoms with Crippen molar-refractivity contribution in [3.8, 4) is 6.07 Å². The molecule has 0 bridgehead atoms. The van der Waals surface area contributed by atoms with Crippen molar-refractivity contribution in [2.45, 2.75) is 38.6 Å². The summed E-state index contributed by atoms with van der Waals surface area (Å²) in [4.78, 5) is 12.0. The summed E-state index contributed by atoms with van der Waals surface area (Å²) in [7, 11) is 0. The van der Waals surface area contributed by atoms with Crippen LogP contribution in [0.15, 0.2) is 34.4 Å². The number of carbonyl (C=O) groups excluding carboxylic acids is 1. The van der Waals surface area contributed by atoms with Gasteiger partial charge in [0, 0.05) is 22.4 Å². The molecule has 21 heavy (non-hydrogen) atoms. The van der Waals surface area contributed by atoms with E-state index in [0.717, 1.165) is 41.4 Å². The third-order valence-corrected chi connectivity index (χ3v) is 4.49. The van der Waals surface area contributed by atoms with Crippen molar-refractivity contribution in [1.82, 2.24) is 5.32 Å².